The lowest BCUT2D eigenvalue weighted by atomic mass is 10.1. The molecule has 0 spiro atoms. The molecule has 0 atom stereocenters. The van der Waals surface area contributed by atoms with Gasteiger partial charge >= 0.3 is 0 Å². The van der Waals surface area contributed by atoms with Gasteiger partial charge in [0, 0.05) is 5.56 Å². The van der Waals surface area contributed by atoms with Crippen LogP contribution in [0.3, 0.4) is 0 Å². The third kappa shape index (κ3) is 4.97. The quantitative estimate of drug-likeness (QED) is 0.653. The number of nitriles is 2. The molecule has 118 valence electrons. The van der Waals surface area contributed by atoms with Crippen molar-refractivity contribution in [1.82, 2.24) is 5.43 Å². The second-order valence-electron chi connectivity index (χ2n) is 4.75. The molecule has 0 radical (unpaired) electrons. The number of benzene rings is 2. The summed E-state index contributed by atoms with van der Waals surface area (Å²) in [5.41, 5.74) is 4.44. The van der Waals surface area contributed by atoms with Crippen LogP contribution < -0.4 is 10.2 Å². The molecular weight excluding hydrogens is 304 g/mol. The van der Waals surface area contributed by atoms with Crippen LogP contribution in [0.5, 0.6) is 5.75 Å². The number of hydrogen-bond acceptors (Lipinski definition) is 5. The standard InChI is InChI=1S/C18H14N4O2/c19-10-9-18(23)22-21-12-14-5-7-17(8-6-14)24-13-16-4-2-1-3-15(16)11-20/h1-8,12H,9,13H2,(H,22,23)/b21-12-. The highest BCUT2D eigenvalue weighted by atomic mass is 16.5. The number of amides is 1. The predicted octanol–water partition coefficient (Wildman–Crippen LogP) is 2.50. The predicted molar refractivity (Wildman–Crippen MR) is 87.9 cm³/mol. The highest BCUT2D eigenvalue weighted by Crippen LogP contribution is 2.15. The highest BCUT2D eigenvalue weighted by molar-refractivity contribution is 5.83. The van der Waals surface area contributed by atoms with Gasteiger partial charge in [-0.25, -0.2) is 5.43 Å². The number of carbonyl (C=O) groups is 1. The van der Waals surface area contributed by atoms with Crippen LogP contribution in [0.1, 0.15) is 23.1 Å². The molecule has 24 heavy (non-hydrogen) atoms. The number of hydrazone groups is 1. The van der Waals surface area contributed by atoms with Gasteiger partial charge in [0.05, 0.1) is 23.9 Å². The summed E-state index contributed by atoms with van der Waals surface area (Å²) in [5, 5.41) is 21.1. The van der Waals surface area contributed by atoms with Crippen molar-refractivity contribution in [3.63, 3.8) is 0 Å². The van der Waals surface area contributed by atoms with Crippen molar-refractivity contribution >= 4 is 12.1 Å². The van der Waals surface area contributed by atoms with E-state index in [1.54, 1.807) is 36.4 Å². The maximum Gasteiger partial charge on any atom is 0.254 e. The first-order chi connectivity index (χ1) is 11.7. The minimum absolute atomic E-state index is 0.228. The number of rotatable bonds is 6. The molecule has 2 aromatic carbocycles. The Kier molecular flexibility index (Phi) is 6.08. The largest absolute Gasteiger partial charge is 0.489 e. The van der Waals surface area contributed by atoms with Crippen molar-refractivity contribution in [3.8, 4) is 17.9 Å². The van der Waals surface area contributed by atoms with Crippen LogP contribution in [0.25, 0.3) is 0 Å². The molecule has 0 aliphatic carbocycles. The molecule has 1 N–H and O–H groups in total. The smallest absolute Gasteiger partial charge is 0.254 e. The Hall–Kier alpha value is -3.64. The van der Waals surface area contributed by atoms with Gasteiger partial charge in [-0.1, -0.05) is 18.2 Å². The van der Waals surface area contributed by atoms with Gasteiger partial charge in [-0.05, 0) is 35.9 Å². The summed E-state index contributed by atoms with van der Waals surface area (Å²) < 4.78 is 5.66. The minimum Gasteiger partial charge on any atom is -0.489 e. The summed E-state index contributed by atoms with van der Waals surface area (Å²) in [6.45, 7) is 0.307. The van der Waals surface area contributed by atoms with Crippen LogP contribution in [-0.4, -0.2) is 12.1 Å². The van der Waals surface area contributed by atoms with E-state index in [4.69, 9.17) is 15.3 Å². The first-order valence-electron chi connectivity index (χ1n) is 7.12. The monoisotopic (exact) mass is 318 g/mol. The molecule has 2 aromatic rings. The summed E-state index contributed by atoms with van der Waals surface area (Å²) in [5.74, 6) is 0.207. The highest BCUT2D eigenvalue weighted by Gasteiger charge is 2.02. The molecule has 1 amide bonds. The maximum absolute atomic E-state index is 11.1. The van der Waals surface area contributed by atoms with Gasteiger partial charge in [0.1, 0.15) is 18.8 Å². The van der Waals surface area contributed by atoms with Crippen LogP contribution in [0.15, 0.2) is 53.6 Å². The third-order valence-electron chi connectivity index (χ3n) is 3.05. The molecule has 0 saturated heterocycles. The minimum atomic E-state index is -0.454. The van der Waals surface area contributed by atoms with Crippen molar-refractivity contribution < 1.29 is 9.53 Å². The number of hydrogen-bond donors (Lipinski definition) is 1. The van der Waals surface area contributed by atoms with E-state index in [-0.39, 0.29) is 6.42 Å². The van der Waals surface area contributed by atoms with E-state index in [9.17, 15) is 4.79 Å². The molecule has 0 aliphatic rings. The van der Waals surface area contributed by atoms with Gasteiger partial charge in [0.15, 0.2) is 0 Å². The number of nitrogens with zero attached hydrogens (tertiary/aromatic N) is 3. The fourth-order valence-corrected chi connectivity index (χ4v) is 1.86. The molecule has 6 nitrogen and oxygen atoms in total. The van der Waals surface area contributed by atoms with Crippen LogP contribution in [0, 0.1) is 22.7 Å². The third-order valence-corrected chi connectivity index (χ3v) is 3.05. The zero-order chi connectivity index (χ0) is 17.2. The zero-order valence-electron chi connectivity index (χ0n) is 12.8. The summed E-state index contributed by atoms with van der Waals surface area (Å²) in [4.78, 5) is 11.1. The molecule has 0 aromatic heterocycles. The van der Waals surface area contributed by atoms with E-state index < -0.39 is 5.91 Å². The Morgan fingerprint density at radius 2 is 1.92 bits per heavy atom. The molecule has 0 aliphatic heterocycles. The average molecular weight is 318 g/mol. The molecule has 0 fully saturated rings. The van der Waals surface area contributed by atoms with Gasteiger partial charge in [-0.15, -0.1) is 0 Å². The molecular formula is C18H14N4O2. The zero-order valence-corrected chi connectivity index (χ0v) is 12.8. The van der Waals surface area contributed by atoms with Crippen molar-refractivity contribution in [2.75, 3.05) is 0 Å². The first-order valence-corrected chi connectivity index (χ1v) is 7.12. The van der Waals surface area contributed by atoms with E-state index in [1.807, 2.05) is 18.2 Å². The lowest BCUT2D eigenvalue weighted by Gasteiger charge is -2.07. The molecule has 0 bridgehead atoms. The summed E-state index contributed by atoms with van der Waals surface area (Å²) in [7, 11) is 0. The van der Waals surface area contributed by atoms with Gasteiger partial charge in [0.25, 0.3) is 5.91 Å². The summed E-state index contributed by atoms with van der Waals surface area (Å²) >= 11 is 0. The Morgan fingerprint density at radius 3 is 2.62 bits per heavy atom. The van der Waals surface area contributed by atoms with E-state index in [0.29, 0.717) is 17.9 Å². The second-order valence-corrected chi connectivity index (χ2v) is 4.75. The van der Waals surface area contributed by atoms with E-state index in [0.717, 1.165) is 11.1 Å². The summed E-state index contributed by atoms with van der Waals surface area (Å²) in [6, 6.07) is 18.2. The van der Waals surface area contributed by atoms with Crippen LogP contribution >= 0.6 is 0 Å². The van der Waals surface area contributed by atoms with Gasteiger partial charge < -0.3 is 4.74 Å². The molecule has 0 saturated carbocycles. The Morgan fingerprint density at radius 1 is 1.17 bits per heavy atom. The Balaban J connectivity index is 1.90. The molecule has 6 heteroatoms. The fraction of sp³-hybridized carbons (Fsp3) is 0.111. The normalized spacial score (nSPS) is 9.92. The van der Waals surface area contributed by atoms with Gasteiger partial charge in [0.2, 0.25) is 0 Å². The topological polar surface area (TPSA) is 98.3 Å². The van der Waals surface area contributed by atoms with E-state index in [2.05, 4.69) is 16.6 Å². The summed E-state index contributed by atoms with van der Waals surface area (Å²) in [6.07, 6.45) is 1.25. The van der Waals surface area contributed by atoms with Crippen molar-refractivity contribution in [2.45, 2.75) is 13.0 Å². The number of carbonyl (C=O) groups excluding carboxylic acids is 1. The first kappa shape index (κ1) is 16.7. The van der Waals surface area contributed by atoms with Gasteiger partial charge in [-0.2, -0.15) is 15.6 Å². The van der Waals surface area contributed by atoms with E-state index in [1.165, 1.54) is 6.21 Å². The van der Waals surface area contributed by atoms with Crippen LogP contribution in [0.4, 0.5) is 0 Å². The molecule has 2 rings (SSSR count). The van der Waals surface area contributed by atoms with Gasteiger partial charge in [-0.3, -0.25) is 4.79 Å². The average Bonchev–Trinajstić information content (AvgIpc) is 2.61. The van der Waals surface area contributed by atoms with Crippen molar-refractivity contribution in [3.05, 3.63) is 65.2 Å². The molecule has 0 heterocycles. The lowest BCUT2D eigenvalue weighted by molar-refractivity contribution is -0.120. The Labute approximate surface area is 139 Å². The van der Waals surface area contributed by atoms with Crippen LogP contribution in [0.2, 0.25) is 0 Å². The lowest BCUT2D eigenvalue weighted by Crippen LogP contribution is -2.16. The second kappa shape index (κ2) is 8.72. The molecule has 0 unspecified atom stereocenters. The number of nitrogens with one attached hydrogen (secondary N) is 1. The van der Waals surface area contributed by atoms with Crippen molar-refractivity contribution in [2.24, 2.45) is 5.10 Å². The number of ether oxygens (including phenoxy) is 1. The van der Waals surface area contributed by atoms with Crippen LogP contribution in [-0.2, 0) is 11.4 Å². The fourth-order valence-electron chi connectivity index (χ4n) is 1.86. The SMILES string of the molecule is N#CCC(=O)N/N=C\c1ccc(OCc2ccccc2C#N)cc1. The van der Waals surface area contributed by atoms with E-state index >= 15 is 0 Å². The van der Waals surface area contributed by atoms with Crippen molar-refractivity contribution in [1.29, 1.82) is 10.5 Å². The maximum atomic E-state index is 11.1. The Bertz CT molecular complexity index is 814.